The Morgan fingerprint density at radius 1 is 1.11 bits per heavy atom. The molecule has 0 unspecified atom stereocenters. The number of rotatable bonds is 3. The molecule has 3 aliphatic rings. The molecule has 1 aromatic carbocycles. The summed E-state index contributed by atoms with van der Waals surface area (Å²) >= 11 is 0.984. The predicted octanol–water partition coefficient (Wildman–Crippen LogP) is 3.99. The molecule has 0 bridgehead atoms. The number of thioether (sulfide) groups is 1. The van der Waals surface area contributed by atoms with Crippen LogP contribution in [-0.4, -0.2) is 30.3 Å². The number of hydrogen-bond donors (Lipinski definition) is 2. The van der Waals surface area contributed by atoms with E-state index >= 15 is 0 Å². The van der Waals surface area contributed by atoms with E-state index in [1.165, 1.54) is 43.4 Å². The van der Waals surface area contributed by atoms with Crippen molar-refractivity contribution in [3.05, 3.63) is 34.2 Å². The van der Waals surface area contributed by atoms with Gasteiger partial charge in [0.15, 0.2) is 0 Å². The molecule has 5 nitrogen and oxygen atoms in total. The molecule has 1 atom stereocenters. The Labute approximate surface area is 164 Å². The third-order valence-corrected chi connectivity index (χ3v) is 6.66. The zero-order valence-corrected chi connectivity index (χ0v) is 16.4. The molecule has 3 N–H and O–H groups in total. The number of anilines is 1. The molecule has 3 fully saturated rings. The number of carbonyl (C=O) groups is 2. The molecule has 144 valence electrons. The van der Waals surface area contributed by atoms with E-state index in [0.29, 0.717) is 10.8 Å². The van der Waals surface area contributed by atoms with Crippen LogP contribution in [0.4, 0.5) is 10.5 Å². The Bertz CT molecular complexity index is 771. The fraction of sp³-hybridized carbons (Fsp3) is 0.524. The topological polar surface area (TPSA) is 75.4 Å². The van der Waals surface area contributed by atoms with Crippen LogP contribution < -0.4 is 16.0 Å². The van der Waals surface area contributed by atoms with E-state index in [2.05, 4.69) is 28.4 Å². The maximum Gasteiger partial charge on any atom is 0.290 e. The number of piperidine rings is 1. The molecule has 1 aliphatic carbocycles. The average Bonchev–Trinajstić information content (AvgIpc) is 2.99. The van der Waals surface area contributed by atoms with Gasteiger partial charge in [-0.15, -0.1) is 0 Å². The normalized spacial score (nSPS) is 25.9. The van der Waals surface area contributed by atoms with Crippen LogP contribution in [0.2, 0.25) is 0 Å². The summed E-state index contributed by atoms with van der Waals surface area (Å²) < 4.78 is 0. The minimum atomic E-state index is -0.297. The van der Waals surface area contributed by atoms with Crippen molar-refractivity contribution in [1.29, 1.82) is 0 Å². The molecular weight excluding hydrogens is 358 g/mol. The number of carbonyl (C=O) groups excluding carboxylic acids is 2. The lowest BCUT2D eigenvalue weighted by Crippen LogP contribution is -2.43. The van der Waals surface area contributed by atoms with E-state index in [1.54, 1.807) is 0 Å². The molecule has 2 saturated heterocycles. The van der Waals surface area contributed by atoms with Gasteiger partial charge < -0.3 is 10.6 Å². The van der Waals surface area contributed by atoms with Gasteiger partial charge in [-0.3, -0.25) is 14.9 Å². The van der Waals surface area contributed by atoms with E-state index in [-0.39, 0.29) is 17.2 Å². The second-order valence-corrected chi connectivity index (χ2v) is 8.84. The quantitative estimate of drug-likeness (QED) is 0.770. The van der Waals surface area contributed by atoms with E-state index in [4.69, 9.17) is 5.73 Å². The number of imide groups is 1. The lowest BCUT2D eigenvalue weighted by Gasteiger charge is -2.37. The second-order valence-electron chi connectivity index (χ2n) is 7.82. The largest absolute Gasteiger partial charge is 0.369 e. The molecule has 27 heavy (non-hydrogen) atoms. The highest BCUT2D eigenvalue weighted by atomic mass is 32.2. The van der Waals surface area contributed by atoms with Crippen LogP contribution in [0.5, 0.6) is 0 Å². The first kappa shape index (κ1) is 18.6. The summed E-state index contributed by atoms with van der Waals surface area (Å²) in [6, 6.07) is 6.58. The van der Waals surface area contributed by atoms with Crippen LogP contribution >= 0.6 is 11.8 Å². The van der Waals surface area contributed by atoms with Crippen molar-refractivity contribution in [1.82, 2.24) is 5.32 Å². The average molecular weight is 386 g/mol. The summed E-state index contributed by atoms with van der Waals surface area (Å²) in [5.74, 6) is 0.270. The first-order valence-corrected chi connectivity index (χ1v) is 10.8. The van der Waals surface area contributed by atoms with Gasteiger partial charge in [0.05, 0.1) is 4.91 Å². The van der Waals surface area contributed by atoms with Crippen LogP contribution in [0.15, 0.2) is 23.1 Å². The lowest BCUT2D eigenvalue weighted by atomic mass is 9.82. The lowest BCUT2D eigenvalue weighted by molar-refractivity contribution is -0.115. The number of hydrogen-bond acceptors (Lipinski definition) is 5. The third kappa shape index (κ3) is 4.06. The molecule has 6 heteroatoms. The van der Waals surface area contributed by atoms with E-state index in [1.807, 2.05) is 6.08 Å². The number of para-hydroxylation sites is 1. The van der Waals surface area contributed by atoms with Gasteiger partial charge in [0, 0.05) is 24.8 Å². The summed E-state index contributed by atoms with van der Waals surface area (Å²) in [4.78, 5) is 26.5. The third-order valence-electron chi connectivity index (χ3n) is 5.85. The zero-order chi connectivity index (χ0) is 18.8. The zero-order valence-electron chi connectivity index (χ0n) is 15.6. The Morgan fingerprint density at radius 3 is 2.63 bits per heavy atom. The van der Waals surface area contributed by atoms with Crippen molar-refractivity contribution in [3.63, 3.8) is 0 Å². The van der Waals surface area contributed by atoms with Crippen molar-refractivity contribution in [2.45, 2.75) is 56.9 Å². The van der Waals surface area contributed by atoms with Gasteiger partial charge in [-0.1, -0.05) is 37.5 Å². The molecule has 2 amide bonds. The number of nitrogens with two attached hydrogens (primary N) is 1. The van der Waals surface area contributed by atoms with Gasteiger partial charge in [-0.05, 0) is 60.6 Å². The minimum Gasteiger partial charge on any atom is -0.369 e. The summed E-state index contributed by atoms with van der Waals surface area (Å²) in [7, 11) is 0. The number of benzene rings is 1. The molecule has 1 saturated carbocycles. The number of nitrogens with zero attached hydrogens (tertiary/aromatic N) is 1. The highest BCUT2D eigenvalue weighted by Gasteiger charge is 2.28. The molecule has 0 aromatic heterocycles. The van der Waals surface area contributed by atoms with E-state index in [9.17, 15) is 9.59 Å². The van der Waals surface area contributed by atoms with Gasteiger partial charge >= 0.3 is 0 Å². The molecular formula is C21H27N3O2S. The van der Waals surface area contributed by atoms with Gasteiger partial charge in [0.1, 0.15) is 0 Å². The molecule has 2 heterocycles. The van der Waals surface area contributed by atoms with Gasteiger partial charge in [-0.2, -0.15) is 0 Å². The van der Waals surface area contributed by atoms with E-state index in [0.717, 1.165) is 43.3 Å². The van der Waals surface area contributed by atoms with Crippen molar-refractivity contribution < 1.29 is 9.59 Å². The second kappa shape index (κ2) is 8.07. The smallest absolute Gasteiger partial charge is 0.290 e. The number of nitrogens with one attached hydrogen (secondary N) is 1. The van der Waals surface area contributed by atoms with Crippen LogP contribution in [-0.2, 0) is 4.79 Å². The van der Waals surface area contributed by atoms with E-state index < -0.39 is 0 Å². The maximum absolute atomic E-state index is 12.1. The summed E-state index contributed by atoms with van der Waals surface area (Å²) in [5, 5.41) is 2.06. The van der Waals surface area contributed by atoms with Crippen LogP contribution in [0, 0.1) is 0 Å². The van der Waals surface area contributed by atoms with Crippen molar-refractivity contribution >= 4 is 34.7 Å². The van der Waals surface area contributed by atoms with Crippen molar-refractivity contribution in [2.75, 3.05) is 18.0 Å². The Morgan fingerprint density at radius 2 is 1.93 bits per heavy atom. The maximum atomic E-state index is 12.1. The summed E-state index contributed by atoms with van der Waals surface area (Å²) in [5.41, 5.74) is 9.91. The molecule has 2 aliphatic heterocycles. The minimum absolute atomic E-state index is 0.185. The Kier molecular flexibility index (Phi) is 5.55. The molecule has 1 aromatic rings. The van der Waals surface area contributed by atoms with Crippen LogP contribution in [0.1, 0.15) is 62.0 Å². The van der Waals surface area contributed by atoms with Crippen molar-refractivity contribution in [3.8, 4) is 0 Å². The fourth-order valence-corrected chi connectivity index (χ4v) is 5.25. The summed E-state index contributed by atoms with van der Waals surface area (Å²) in [6.07, 6.45) is 10.4. The highest BCUT2D eigenvalue weighted by molar-refractivity contribution is 8.18. The van der Waals surface area contributed by atoms with Crippen molar-refractivity contribution in [2.24, 2.45) is 5.73 Å². The van der Waals surface area contributed by atoms with Crippen LogP contribution in [0.3, 0.4) is 0 Å². The SMILES string of the molecule is N[C@@H]1CCCN(c2c(C=C3SC(=O)NC3=O)cccc2C2CCCCC2)C1. The molecule has 4 rings (SSSR count). The number of amides is 2. The van der Waals surface area contributed by atoms with Gasteiger partial charge in [0.25, 0.3) is 11.1 Å². The van der Waals surface area contributed by atoms with Gasteiger partial charge in [0.2, 0.25) is 0 Å². The molecule has 0 radical (unpaired) electrons. The first-order chi connectivity index (χ1) is 13.1. The molecule has 0 spiro atoms. The van der Waals surface area contributed by atoms with Crippen LogP contribution in [0.25, 0.3) is 6.08 Å². The highest BCUT2D eigenvalue weighted by Crippen LogP contribution is 2.41. The monoisotopic (exact) mass is 385 g/mol. The predicted molar refractivity (Wildman–Crippen MR) is 111 cm³/mol. The fourth-order valence-electron chi connectivity index (χ4n) is 4.58. The first-order valence-electron chi connectivity index (χ1n) is 10.00. The summed E-state index contributed by atoms with van der Waals surface area (Å²) in [6.45, 7) is 1.84. The van der Waals surface area contributed by atoms with Gasteiger partial charge in [-0.25, -0.2) is 0 Å². The standard InChI is InChI=1S/C21H27N3O2S/c22-16-9-5-11-24(13-16)19-15(12-18-20(25)23-21(26)27-18)8-4-10-17(19)14-6-2-1-3-7-14/h4,8,10,12,14,16H,1-3,5-7,9,11,13,22H2,(H,23,25,26)/t16-/m1/s1. The Hall–Kier alpha value is -1.79. The Balaban J connectivity index is 1.76.